The molecule has 0 fully saturated rings. The van der Waals surface area contributed by atoms with E-state index in [1.807, 2.05) is 0 Å². The van der Waals surface area contributed by atoms with Crippen LogP contribution in [-0.4, -0.2) is 19.1 Å². The summed E-state index contributed by atoms with van der Waals surface area (Å²) in [5, 5.41) is 0. The van der Waals surface area contributed by atoms with E-state index in [-0.39, 0.29) is 5.97 Å². The van der Waals surface area contributed by atoms with Gasteiger partial charge in [-0.25, -0.2) is 0 Å². The zero-order valence-electron chi connectivity index (χ0n) is 12.6. The number of nitrogens with two attached hydrogens (primary N) is 1. The average Bonchev–Trinajstić information content (AvgIpc) is 2.35. The smallest absolute Gasteiger partial charge is 0.322 e. The number of aryl methyl sites for hydroxylation is 2. The van der Waals surface area contributed by atoms with Crippen molar-refractivity contribution in [3.05, 3.63) is 34.9 Å². The molecule has 19 heavy (non-hydrogen) atoms. The molecule has 0 saturated carbocycles. The maximum atomic E-state index is 11.4. The van der Waals surface area contributed by atoms with E-state index in [0.29, 0.717) is 18.3 Å². The third-order valence-corrected chi connectivity index (χ3v) is 3.75. The molecule has 0 radical (unpaired) electrons. The summed E-state index contributed by atoms with van der Waals surface area (Å²) < 4.78 is 4.67. The zero-order valence-corrected chi connectivity index (χ0v) is 12.6. The number of ether oxygens (including phenoxy) is 1. The third-order valence-electron chi connectivity index (χ3n) is 3.75. The molecule has 0 aliphatic rings. The van der Waals surface area contributed by atoms with Crippen LogP contribution in [0.5, 0.6) is 0 Å². The Morgan fingerprint density at radius 1 is 1.21 bits per heavy atom. The minimum Gasteiger partial charge on any atom is -0.468 e. The minimum absolute atomic E-state index is 0.329. The first-order valence-electron chi connectivity index (χ1n) is 6.76. The first-order chi connectivity index (χ1) is 8.85. The van der Waals surface area contributed by atoms with Gasteiger partial charge in [-0.1, -0.05) is 43.2 Å². The summed E-state index contributed by atoms with van der Waals surface area (Å²) in [5.41, 5.74) is 9.68. The molecule has 3 heteroatoms. The SMILES string of the molecule is COC(=O)C(N)CC(C)C(C)c1cc(C)cc(C)c1. The molecule has 0 spiro atoms. The quantitative estimate of drug-likeness (QED) is 0.831. The molecule has 106 valence electrons. The lowest BCUT2D eigenvalue weighted by Crippen LogP contribution is -2.34. The highest BCUT2D eigenvalue weighted by molar-refractivity contribution is 5.75. The Labute approximate surface area is 116 Å². The maximum absolute atomic E-state index is 11.4. The second kappa shape index (κ2) is 6.71. The normalized spacial score (nSPS) is 15.7. The molecular weight excluding hydrogens is 238 g/mol. The van der Waals surface area contributed by atoms with E-state index in [2.05, 4.69) is 50.6 Å². The summed E-state index contributed by atoms with van der Waals surface area (Å²) in [6, 6.07) is 6.05. The van der Waals surface area contributed by atoms with Crippen LogP contribution in [0, 0.1) is 19.8 Å². The van der Waals surface area contributed by atoms with Crippen LogP contribution in [0.25, 0.3) is 0 Å². The predicted molar refractivity (Wildman–Crippen MR) is 78.1 cm³/mol. The van der Waals surface area contributed by atoms with Gasteiger partial charge in [-0.3, -0.25) is 4.79 Å². The average molecular weight is 263 g/mol. The fourth-order valence-electron chi connectivity index (χ4n) is 2.45. The van der Waals surface area contributed by atoms with Crippen LogP contribution < -0.4 is 5.73 Å². The second-order valence-electron chi connectivity index (χ2n) is 5.55. The van der Waals surface area contributed by atoms with Gasteiger partial charge in [0.1, 0.15) is 6.04 Å². The Morgan fingerprint density at radius 2 is 1.74 bits per heavy atom. The topological polar surface area (TPSA) is 52.3 Å². The number of carbonyl (C=O) groups is 1. The largest absolute Gasteiger partial charge is 0.468 e. The molecule has 0 aromatic heterocycles. The highest BCUT2D eigenvalue weighted by Gasteiger charge is 2.22. The minimum atomic E-state index is -0.534. The van der Waals surface area contributed by atoms with E-state index in [4.69, 9.17) is 5.73 Å². The third kappa shape index (κ3) is 4.35. The van der Waals surface area contributed by atoms with Crippen molar-refractivity contribution in [1.29, 1.82) is 0 Å². The number of hydrogen-bond donors (Lipinski definition) is 1. The molecule has 1 rings (SSSR count). The molecule has 3 nitrogen and oxygen atoms in total. The van der Waals surface area contributed by atoms with Gasteiger partial charge in [-0.05, 0) is 37.7 Å². The highest BCUT2D eigenvalue weighted by atomic mass is 16.5. The van der Waals surface area contributed by atoms with E-state index in [9.17, 15) is 4.79 Å². The summed E-state index contributed by atoms with van der Waals surface area (Å²) in [5.74, 6) is 0.365. The molecule has 1 aromatic carbocycles. The lowest BCUT2D eigenvalue weighted by Gasteiger charge is -2.23. The van der Waals surface area contributed by atoms with E-state index in [0.717, 1.165) is 0 Å². The van der Waals surface area contributed by atoms with Gasteiger partial charge in [-0.2, -0.15) is 0 Å². The molecule has 0 heterocycles. The van der Waals surface area contributed by atoms with Crippen molar-refractivity contribution in [2.45, 2.75) is 46.1 Å². The van der Waals surface area contributed by atoms with Crippen molar-refractivity contribution in [2.24, 2.45) is 11.7 Å². The summed E-state index contributed by atoms with van der Waals surface area (Å²) in [7, 11) is 1.38. The molecule has 0 bridgehead atoms. The standard InChI is InChI=1S/C16H25NO2/c1-10-6-11(2)8-14(7-10)13(4)12(3)9-15(17)16(18)19-5/h6-8,12-13,15H,9,17H2,1-5H3. The van der Waals surface area contributed by atoms with Gasteiger partial charge in [0.15, 0.2) is 0 Å². The van der Waals surface area contributed by atoms with E-state index in [1.54, 1.807) is 0 Å². The number of hydrogen-bond acceptors (Lipinski definition) is 3. The lowest BCUT2D eigenvalue weighted by atomic mass is 9.84. The predicted octanol–water partition coefficient (Wildman–Crippen LogP) is 2.93. The number of carbonyl (C=O) groups excluding carboxylic acids is 1. The van der Waals surface area contributed by atoms with Crippen LogP contribution >= 0.6 is 0 Å². The molecule has 0 amide bonds. The molecule has 3 unspecified atom stereocenters. The molecule has 1 aromatic rings. The Morgan fingerprint density at radius 3 is 2.21 bits per heavy atom. The summed E-state index contributed by atoms with van der Waals surface area (Å²) in [6.45, 7) is 8.52. The fourth-order valence-corrected chi connectivity index (χ4v) is 2.45. The fraction of sp³-hybridized carbons (Fsp3) is 0.562. The van der Waals surface area contributed by atoms with Crippen LogP contribution in [0.1, 0.15) is 42.9 Å². The number of esters is 1. The van der Waals surface area contributed by atoms with E-state index in [1.165, 1.54) is 23.8 Å². The summed E-state index contributed by atoms with van der Waals surface area (Å²) in [4.78, 5) is 11.4. The number of benzene rings is 1. The molecule has 2 N–H and O–H groups in total. The van der Waals surface area contributed by atoms with Gasteiger partial charge in [-0.15, -0.1) is 0 Å². The molecule has 0 saturated heterocycles. The van der Waals surface area contributed by atoms with Gasteiger partial charge < -0.3 is 10.5 Å². The summed E-state index contributed by atoms with van der Waals surface area (Å²) >= 11 is 0. The van der Waals surface area contributed by atoms with Crippen LogP contribution in [0.15, 0.2) is 18.2 Å². The van der Waals surface area contributed by atoms with Gasteiger partial charge in [0, 0.05) is 0 Å². The van der Waals surface area contributed by atoms with Crippen molar-refractivity contribution in [3.8, 4) is 0 Å². The van der Waals surface area contributed by atoms with Crippen LogP contribution in [0.4, 0.5) is 0 Å². The van der Waals surface area contributed by atoms with Crippen molar-refractivity contribution in [2.75, 3.05) is 7.11 Å². The summed E-state index contributed by atoms with van der Waals surface area (Å²) in [6.07, 6.45) is 0.640. The Hall–Kier alpha value is -1.35. The maximum Gasteiger partial charge on any atom is 0.322 e. The van der Waals surface area contributed by atoms with Crippen LogP contribution in [0.3, 0.4) is 0 Å². The molecule has 0 aliphatic carbocycles. The lowest BCUT2D eigenvalue weighted by molar-refractivity contribution is -0.142. The van der Waals surface area contributed by atoms with Gasteiger partial charge in [0.25, 0.3) is 0 Å². The first kappa shape index (κ1) is 15.7. The van der Waals surface area contributed by atoms with Gasteiger partial charge in [0.05, 0.1) is 7.11 Å². The zero-order chi connectivity index (χ0) is 14.6. The van der Waals surface area contributed by atoms with Crippen LogP contribution in [-0.2, 0) is 9.53 Å². The van der Waals surface area contributed by atoms with Gasteiger partial charge >= 0.3 is 5.97 Å². The van der Waals surface area contributed by atoms with E-state index < -0.39 is 6.04 Å². The van der Waals surface area contributed by atoms with E-state index >= 15 is 0 Å². The molecule has 3 atom stereocenters. The number of rotatable bonds is 5. The monoisotopic (exact) mass is 263 g/mol. The van der Waals surface area contributed by atoms with Crippen molar-refractivity contribution < 1.29 is 9.53 Å². The molecule has 0 aliphatic heterocycles. The van der Waals surface area contributed by atoms with Crippen molar-refractivity contribution >= 4 is 5.97 Å². The van der Waals surface area contributed by atoms with Gasteiger partial charge in [0.2, 0.25) is 0 Å². The Bertz CT molecular complexity index is 422. The molecular formula is C16H25NO2. The van der Waals surface area contributed by atoms with Crippen molar-refractivity contribution in [1.82, 2.24) is 0 Å². The van der Waals surface area contributed by atoms with Crippen molar-refractivity contribution in [3.63, 3.8) is 0 Å². The number of methoxy groups -OCH3 is 1. The Balaban J connectivity index is 2.76. The first-order valence-corrected chi connectivity index (χ1v) is 6.76. The highest BCUT2D eigenvalue weighted by Crippen LogP contribution is 2.28. The second-order valence-corrected chi connectivity index (χ2v) is 5.55. The Kier molecular flexibility index (Phi) is 5.55. The van der Waals surface area contributed by atoms with Crippen LogP contribution in [0.2, 0.25) is 0 Å².